The molecule has 0 fully saturated rings. The topological polar surface area (TPSA) is 39.4 Å². The fourth-order valence-electron chi connectivity index (χ4n) is 1.74. The van der Waals surface area contributed by atoms with E-state index in [0.717, 1.165) is 11.1 Å². The number of carbonyl (C=O) groups excluding carboxylic acids is 1. The molecule has 1 aliphatic heterocycles. The van der Waals surface area contributed by atoms with Crippen molar-refractivity contribution in [1.29, 1.82) is 0 Å². The standard InChI is InChI=1S/C12H8O3/c13-12-10-9(7-15-12)6-14-11(10)8-4-2-1-3-5-8/h1-6H,7H2. The Morgan fingerprint density at radius 1 is 1.13 bits per heavy atom. The first-order valence-corrected chi connectivity index (χ1v) is 4.69. The molecule has 3 rings (SSSR count). The Bertz CT molecular complexity index is 511. The lowest BCUT2D eigenvalue weighted by Crippen LogP contribution is -1.94. The molecule has 1 aliphatic rings. The van der Waals surface area contributed by atoms with Gasteiger partial charge in [-0.25, -0.2) is 4.79 Å². The summed E-state index contributed by atoms with van der Waals surface area (Å²) >= 11 is 0. The van der Waals surface area contributed by atoms with E-state index in [2.05, 4.69) is 0 Å². The third kappa shape index (κ3) is 1.16. The number of benzene rings is 1. The molecule has 0 N–H and O–H groups in total. The molecule has 74 valence electrons. The number of esters is 1. The van der Waals surface area contributed by atoms with Gasteiger partial charge in [-0.1, -0.05) is 30.3 Å². The molecule has 3 heteroatoms. The van der Waals surface area contributed by atoms with E-state index < -0.39 is 0 Å². The molecule has 0 aliphatic carbocycles. The van der Waals surface area contributed by atoms with E-state index >= 15 is 0 Å². The summed E-state index contributed by atoms with van der Waals surface area (Å²) < 4.78 is 10.3. The van der Waals surface area contributed by atoms with E-state index in [9.17, 15) is 4.79 Å². The SMILES string of the molecule is O=C1OCc2coc(-c3ccccc3)c21. The minimum atomic E-state index is -0.294. The van der Waals surface area contributed by atoms with Crippen LogP contribution in [0.4, 0.5) is 0 Å². The summed E-state index contributed by atoms with van der Waals surface area (Å²) in [6.07, 6.45) is 1.59. The summed E-state index contributed by atoms with van der Waals surface area (Å²) in [6.45, 7) is 0.324. The van der Waals surface area contributed by atoms with Crippen molar-refractivity contribution in [2.75, 3.05) is 0 Å². The van der Waals surface area contributed by atoms with E-state index in [4.69, 9.17) is 9.15 Å². The van der Waals surface area contributed by atoms with Crippen LogP contribution in [0.2, 0.25) is 0 Å². The average molecular weight is 200 g/mol. The molecule has 0 atom stereocenters. The Balaban J connectivity index is 2.19. The summed E-state index contributed by atoms with van der Waals surface area (Å²) in [7, 11) is 0. The Morgan fingerprint density at radius 3 is 2.73 bits per heavy atom. The number of hydrogen-bond acceptors (Lipinski definition) is 3. The smallest absolute Gasteiger partial charge is 0.342 e. The predicted octanol–water partition coefficient (Wildman–Crippen LogP) is 2.62. The Labute approximate surface area is 86.3 Å². The Hall–Kier alpha value is -2.03. The molecule has 0 saturated heterocycles. The largest absolute Gasteiger partial charge is 0.463 e. The van der Waals surface area contributed by atoms with Crippen molar-refractivity contribution < 1.29 is 13.9 Å². The van der Waals surface area contributed by atoms with Crippen molar-refractivity contribution in [2.24, 2.45) is 0 Å². The highest BCUT2D eigenvalue weighted by Gasteiger charge is 2.28. The lowest BCUT2D eigenvalue weighted by atomic mass is 10.1. The molecule has 3 nitrogen and oxygen atoms in total. The average Bonchev–Trinajstić information content (AvgIpc) is 2.84. The maximum atomic E-state index is 11.4. The maximum absolute atomic E-state index is 11.4. The van der Waals surface area contributed by atoms with Gasteiger partial charge in [-0.3, -0.25) is 0 Å². The fourth-order valence-corrected chi connectivity index (χ4v) is 1.74. The van der Waals surface area contributed by atoms with Crippen LogP contribution in [-0.2, 0) is 11.3 Å². The van der Waals surface area contributed by atoms with Crippen LogP contribution in [0.5, 0.6) is 0 Å². The highest BCUT2D eigenvalue weighted by atomic mass is 16.5. The fraction of sp³-hybridized carbons (Fsp3) is 0.0833. The maximum Gasteiger partial charge on any atom is 0.342 e. The van der Waals surface area contributed by atoms with Crippen LogP contribution in [0.15, 0.2) is 41.0 Å². The number of carbonyl (C=O) groups is 1. The van der Waals surface area contributed by atoms with Gasteiger partial charge in [0.25, 0.3) is 0 Å². The lowest BCUT2D eigenvalue weighted by molar-refractivity contribution is 0.0531. The van der Waals surface area contributed by atoms with E-state index in [1.54, 1.807) is 6.26 Å². The second-order valence-electron chi connectivity index (χ2n) is 3.41. The van der Waals surface area contributed by atoms with Gasteiger partial charge in [0.15, 0.2) is 0 Å². The lowest BCUT2D eigenvalue weighted by Gasteiger charge is -1.97. The van der Waals surface area contributed by atoms with Crippen LogP contribution in [0.25, 0.3) is 11.3 Å². The van der Waals surface area contributed by atoms with Gasteiger partial charge >= 0.3 is 5.97 Å². The quantitative estimate of drug-likeness (QED) is 0.664. The van der Waals surface area contributed by atoms with Crippen molar-refractivity contribution in [3.63, 3.8) is 0 Å². The molecule has 0 spiro atoms. The number of furan rings is 1. The minimum Gasteiger partial charge on any atom is -0.463 e. The zero-order valence-corrected chi connectivity index (χ0v) is 7.90. The molecule has 2 heterocycles. The molecule has 0 saturated carbocycles. The van der Waals surface area contributed by atoms with E-state index in [0.29, 0.717) is 17.9 Å². The van der Waals surface area contributed by atoms with Crippen LogP contribution in [0.3, 0.4) is 0 Å². The molecule has 0 radical (unpaired) electrons. The summed E-state index contributed by atoms with van der Waals surface area (Å²) in [5.41, 5.74) is 2.30. The van der Waals surface area contributed by atoms with Gasteiger partial charge in [0.05, 0.1) is 6.26 Å². The normalized spacial score (nSPS) is 13.7. The van der Waals surface area contributed by atoms with Crippen molar-refractivity contribution in [2.45, 2.75) is 6.61 Å². The van der Waals surface area contributed by atoms with Gasteiger partial charge in [-0.15, -0.1) is 0 Å². The Kier molecular flexibility index (Phi) is 1.65. The van der Waals surface area contributed by atoms with Crippen molar-refractivity contribution >= 4 is 5.97 Å². The van der Waals surface area contributed by atoms with Crippen LogP contribution < -0.4 is 0 Å². The zero-order chi connectivity index (χ0) is 10.3. The van der Waals surface area contributed by atoms with Gasteiger partial charge < -0.3 is 9.15 Å². The second-order valence-corrected chi connectivity index (χ2v) is 3.41. The molecule has 0 bridgehead atoms. The van der Waals surface area contributed by atoms with Crippen LogP contribution in [0, 0.1) is 0 Å². The molecule has 2 aromatic rings. The van der Waals surface area contributed by atoms with Crippen LogP contribution >= 0.6 is 0 Å². The molecule has 1 aromatic heterocycles. The second kappa shape index (κ2) is 2.98. The third-order valence-corrected chi connectivity index (χ3v) is 2.47. The zero-order valence-electron chi connectivity index (χ0n) is 7.90. The van der Waals surface area contributed by atoms with Crippen LogP contribution in [-0.4, -0.2) is 5.97 Å². The van der Waals surface area contributed by atoms with E-state index in [1.807, 2.05) is 30.3 Å². The summed E-state index contributed by atoms with van der Waals surface area (Å²) in [5, 5.41) is 0. The molecular formula is C12H8O3. The molecule has 1 aromatic carbocycles. The van der Waals surface area contributed by atoms with E-state index in [-0.39, 0.29) is 5.97 Å². The monoisotopic (exact) mass is 200 g/mol. The van der Waals surface area contributed by atoms with E-state index in [1.165, 1.54) is 0 Å². The van der Waals surface area contributed by atoms with Gasteiger partial charge in [-0.05, 0) is 0 Å². The number of cyclic esters (lactones) is 1. The third-order valence-electron chi connectivity index (χ3n) is 2.47. The first kappa shape index (κ1) is 8.29. The Morgan fingerprint density at radius 2 is 1.93 bits per heavy atom. The van der Waals surface area contributed by atoms with Gasteiger partial charge in [0.1, 0.15) is 17.9 Å². The molecule has 0 amide bonds. The van der Waals surface area contributed by atoms with Gasteiger partial charge in [0, 0.05) is 11.1 Å². The van der Waals surface area contributed by atoms with Crippen molar-refractivity contribution in [3.8, 4) is 11.3 Å². The number of hydrogen-bond donors (Lipinski definition) is 0. The molecular weight excluding hydrogens is 192 g/mol. The van der Waals surface area contributed by atoms with Gasteiger partial charge in [0.2, 0.25) is 0 Å². The summed E-state index contributed by atoms with van der Waals surface area (Å²) in [4.78, 5) is 11.4. The molecule has 15 heavy (non-hydrogen) atoms. The van der Waals surface area contributed by atoms with Crippen molar-refractivity contribution in [1.82, 2.24) is 0 Å². The first-order chi connectivity index (χ1) is 7.36. The minimum absolute atomic E-state index is 0.294. The highest BCUT2D eigenvalue weighted by molar-refractivity contribution is 5.99. The number of fused-ring (bicyclic) bond motifs is 1. The van der Waals surface area contributed by atoms with Crippen LogP contribution in [0.1, 0.15) is 15.9 Å². The highest BCUT2D eigenvalue weighted by Crippen LogP contribution is 2.32. The van der Waals surface area contributed by atoms with Crippen molar-refractivity contribution in [3.05, 3.63) is 47.7 Å². The number of ether oxygens (including phenoxy) is 1. The summed E-state index contributed by atoms with van der Waals surface area (Å²) in [5.74, 6) is 0.311. The molecule has 0 unspecified atom stereocenters. The first-order valence-electron chi connectivity index (χ1n) is 4.69. The predicted molar refractivity (Wildman–Crippen MR) is 53.3 cm³/mol. The number of rotatable bonds is 1. The summed E-state index contributed by atoms with van der Waals surface area (Å²) in [6, 6.07) is 9.55. The van der Waals surface area contributed by atoms with Gasteiger partial charge in [-0.2, -0.15) is 0 Å².